The van der Waals surface area contributed by atoms with E-state index in [4.69, 9.17) is 21.4 Å². The van der Waals surface area contributed by atoms with E-state index in [0.29, 0.717) is 49.3 Å². The Hall–Kier alpha value is -1.97. The highest BCUT2D eigenvalue weighted by molar-refractivity contribution is 7.71. The molecule has 2 aliphatic rings. The van der Waals surface area contributed by atoms with Crippen LogP contribution in [0.2, 0.25) is 0 Å². The highest BCUT2D eigenvalue weighted by Crippen LogP contribution is 2.21. The van der Waals surface area contributed by atoms with Crippen LogP contribution in [0.5, 0.6) is 0 Å². The second kappa shape index (κ2) is 7.95. The number of rotatable bonds is 4. The maximum atomic E-state index is 12.8. The van der Waals surface area contributed by atoms with Gasteiger partial charge in [-0.2, -0.15) is 0 Å². The first-order valence-corrected chi connectivity index (χ1v) is 9.81. The lowest BCUT2D eigenvalue weighted by Crippen LogP contribution is -2.48. The molecule has 0 aliphatic carbocycles. The van der Waals surface area contributed by atoms with E-state index in [1.54, 1.807) is 6.26 Å². The monoisotopic (exact) mass is 391 g/mol. The van der Waals surface area contributed by atoms with Gasteiger partial charge in [-0.05, 0) is 43.7 Å². The Morgan fingerprint density at radius 3 is 2.89 bits per heavy atom. The van der Waals surface area contributed by atoms with E-state index >= 15 is 0 Å². The average Bonchev–Trinajstić information content (AvgIpc) is 3.33. The first kappa shape index (κ1) is 18.4. The van der Waals surface area contributed by atoms with Crippen molar-refractivity contribution in [3.05, 3.63) is 23.2 Å². The van der Waals surface area contributed by atoms with Crippen molar-refractivity contribution in [2.24, 2.45) is 13.0 Å². The second-order valence-electron chi connectivity index (χ2n) is 7.14. The van der Waals surface area contributed by atoms with Gasteiger partial charge in [-0.15, -0.1) is 5.10 Å². The van der Waals surface area contributed by atoms with Crippen molar-refractivity contribution >= 4 is 18.1 Å². The van der Waals surface area contributed by atoms with E-state index in [-0.39, 0.29) is 11.8 Å². The molecule has 1 atom stereocenters. The number of ether oxygens (including phenoxy) is 1. The number of morpholine rings is 1. The molecule has 27 heavy (non-hydrogen) atoms. The summed E-state index contributed by atoms with van der Waals surface area (Å²) in [6.07, 6.45) is 3.58. The summed E-state index contributed by atoms with van der Waals surface area (Å²) in [4.78, 5) is 17.0. The number of furan rings is 1. The van der Waals surface area contributed by atoms with Crippen molar-refractivity contribution in [2.75, 3.05) is 39.4 Å². The highest BCUT2D eigenvalue weighted by Gasteiger charge is 2.30. The number of aromatic nitrogens is 3. The van der Waals surface area contributed by atoms with E-state index in [9.17, 15) is 4.79 Å². The summed E-state index contributed by atoms with van der Waals surface area (Å²) >= 11 is 5.55. The molecule has 0 saturated carbocycles. The van der Waals surface area contributed by atoms with Crippen LogP contribution in [0.1, 0.15) is 12.8 Å². The molecule has 0 aromatic carbocycles. The van der Waals surface area contributed by atoms with E-state index in [2.05, 4.69) is 10.00 Å². The van der Waals surface area contributed by atoms with E-state index in [1.165, 1.54) is 0 Å². The average molecular weight is 391 g/mol. The summed E-state index contributed by atoms with van der Waals surface area (Å²) in [6.45, 7) is 4.95. The minimum Gasteiger partial charge on any atom is -0.461 e. The predicted octanol–water partition coefficient (Wildman–Crippen LogP) is 1.74. The summed E-state index contributed by atoms with van der Waals surface area (Å²) in [5, 5.41) is 4.63. The van der Waals surface area contributed by atoms with Crippen molar-refractivity contribution < 1.29 is 13.9 Å². The Labute approximate surface area is 163 Å². The third-order valence-electron chi connectivity index (χ3n) is 5.29. The lowest BCUT2D eigenvalue weighted by atomic mass is 9.96. The molecule has 1 amide bonds. The van der Waals surface area contributed by atoms with Crippen molar-refractivity contribution in [1.82, 2.24) is 24.1 Å². The molecular formula is C18H25N5O3S. The van der Waals surface area contributed by atoms with E-state index < -0.39 is 0 Å². The summed E-state index contributed by atoms with van der Waals surface area (Å²) in [7, 11) is 1.89. The third-order valence-corrected chi connectivity index (χ3v) is 5.78. The fraction of sp³-hybridized carbons (Fsp3) is 0.611. The van der Waals surface area contributed by atoms with Gasteiger partial charge in [-0.1, -0.05) is 0 Å². The summed E-state index contributed by atoms with van der Waals surface area (Å²) in [5.74, 6) is 1.70. The number of hydrogen-bond donors (Lipinski definition) is 0. The Balaban J connectivity index is 1.44. The Morgan fingerprint density at radius 1 is 1.33 bits per heavy atom. The number of carbonyl (C=O) groups excluding carboxylic acids is 1. The van der Waals surface area contributed by atoms with Crippen LogP contribution >= 0.6 is 12.2 Å². The maximum absolute atomic E-state index is 12.8. The topological polar surface area (TPSA) is 68.7 Å². The fourth-order valence-corrected chi connectivity index (χ4v) is 4.00. The largest absolute Gasteiger partial charge is 0.461 e. The standard InChI is InChI=1S/C18H25N5O3S/c1-20-16(15-5-3-9-26-15)19-23(18(20)27)13-21-6-2-4-14(12-21)17(24)22-7-10-25-11-8-22/h3,5,9,14H,2,4,6-8,10-13H2,1H3. The molecule has 146 valence electrons. The molecule has 0 bridgehead atoms. The molecular weight excluding hydrogens is 366 g/mol. The normalized spacial score (nSPS) is 21.5. The highest BCUT2D eigenvalue weighted by atomic mass is 32.1. The van der Waals surface area contributed by atoms with Crippen LogP contribution in [0.15, 0.2) is 22.8 Å². The predicted molar refractivity (Wildman–Crippen MR) is 101 cm³/mol. The second-order valence-corrected chi connectivity index (χ2v) is 7.50. The van der Waals surface area contributed by atoms with Gasteiger partial charge in [0.05, 0.1) is 32.1 Å². The van der Waals surface area contributed by atoms with Gasteiger partial charge in [0.15, 0.2) is 16.4 Å². The molecule has 0 spiro atoms. The van der Waals surface area contributed by atoms with Crippen LogP contribution in [-0.4, -0.2) is 69.4 Å². The first-order chi connectivity index (χ1) is 13.1. The zero-order valence-corrected chi connectivity index (χ0v) is 16.4. The number of likely N-dealkylation sites (tertiary alicyclic amines) is 1. The van der Waals surface area contributed by atoms with Gasteiger partial charge >= 0.3 is 0 Å². The van der Waals surface area contributed by atoms with Crippen molar-refractivity contribution in [3.63, 3.8) is 0 Å². The maximum Gasteiger partial charge on any atom is 0.227 e. The third kappa shape index (κ3) is 3.85. The molecule has 2 fully saturated rings. The number of amides is 1. The first-order valence-electron chi connectivity index (χ1n) is 9.40. The number of hydrogen-bond acceptors (Lipinski definition) is 6. The van der Waals surface area contributed by atoms with Gasteiger partial charge in [0.2, 0.25) is 5.91 Å². The zero-order valence-electron chi connectivity index (χ0n) is 15.5. The molecule has 2 aromatic heterocycles. The number of carbonyl (C=O) groups is 1. The fourth-order valence-electron chi connectivity index (χ4n) is 3.82. The minimum atomic E-state index is 0.0410. The molecule has 8 nitrogen and oxygen atoms in total. The quantitative estimate of drug-likeness (QED) is 0.740. The number of nitrogens with zero attached hydrogens (tertiary/aromatic N) is 5. The van der Waals surface area contributed by atoms with Gasteiger partial charge in [-0.3, -0.25) is 9.69 Å². The van der Waals surface area contributed by atoms with Crippen LogP contribution in [-0.2, 0) is 23.2 Å². The molecule has 0 radical (unpaired) electrons. The van der Waals surface area contributed by atoms with Crippen LogP contribution in [0.4, 0.5) is 0 Å². The van der Waals surface area contributed by atoms with Crippen LogP contribution in [0.25, 0.3) is 11.6 Å². The van der Waals surface area contributed by atoms with Gasteiger partial charge < -0.3 is 18.6 Å². The van der Waals surface area contributed by atoms with Gasteiger partial charge in [-0.25, -0.2) is 4.68 Å². The van der Waals surface area contributed by atoms with Crippen molar-refractivity contribution in [3.8, 4) is 11.6 Å². The molecule has 4 heterocycles. The SMILES string of the molecule is Cn1c(-c2ccco2)nn(CN2CCCC(C(=O)N3CCOCC3)C2)c1=S. The Kier molecular flexibility index (Phi) is 5.42. The Bertz CT molecular complexity index is 838. The smallest absolute Gasteiger partial charge is 0.227 e. The lowest BCUT2D eigenvalue weighted by Gasteiger charge is -2.36. The molecule has 2 saturated heterocycles. The number of piperidine rings is 1. The molecule has 4 rings (SSSR count). The van der Waals surface area contributed by atoms with Crippen molar-refractivity contribution in [2.45, 2.75) is 19.5 Å². The molecule has 9 heteroatoms. The van der Waals surface area contributed by atoms with Crippen LogP contribution in [0.3, 0.4) is 0 Å². The van der Waals surface area contributed by atoms with Crippen LogP contribution in [0, 0.1) is 10.7 Å². The molecule has 1 unspecified atom stereocenters. The zero-order chi connectivity index (χ0) is 18.8. The summed E-state index contributed by atoms with van der Waals surface area (Å²) in [5.41, 5.74) is 0. The van der Waals surface area contributed by atoms with E-state index in [0.717, 1.165) is 25.9 Å². The molecule has 2 aromatic rings. The summed E-state index contributed by atoms with van der Waals surface area (Å²) < 4.78 is 15.1. The summed E-state index contributed by atoms with van der Waals surface area (Å²) in [6, 6.07) is 3.71. The lowest BCUT2D eigenvalue weighted by molar-refractivity contribution is -0.141. The van der Waals surface area contributed by atoms with Crippen molar-refractivity contribution in [1.29, 1.82) is 0 Å². The molecule has 2 aliphatic heterocycles. The van der Waals surface area contributed by atoms with Crippen LogP contribution < -0.4 is 0 Å². The van der Waals surface area contributed by atoms with Gasteiger partial charge in [0.25, 0.3) is 0 Å². The van der Waals surface area contributed by atoms with Gasteiger partial charge in [0, 0.05) is 26.7 Å². The molecule has 0 N–H and O–H groups in total. The van der Waals surface area contributed by atoms with Gasteiger partial charge in [0.1, 0.15) is 0 Å². The minimum absolute atomic E-state index is 0.0410. The Morgan fingerprint density at radius 2 is 2.15 bits per heavy atom. The van der Waals surface area contributed by atoms with E-state index in [1.807, 2.05) is 33.3 Å².